The number of aliphatic hydroxyl groups is 1. The lowest BCUT2D eigenvalue weighted by Crippen LogP contribution is -2.18. The Labute approximate surface area is 87.9 Å². The summed E-state index contributed by atoms with van der Waals surface area (Å²) in [6.45, 7) is 0.422. The molecule has 0 fully saturated rings. The van der Waals surface area contributed by atoms with Gasteiger partial charge >= 0.3 is 0 Å². The number of likely N-dealkylation sites (N-methyl/N-ethyl adjacent to an activating group) is 1. The highest BCUT2D eigenvalue weighted by molar-refractivity contribution is 6.30. The summed E-state index contributed by atoms with van der Waals surface area (Å²) in [5.74, 6) is 0.500. The van der Waals surface area contributed by atoms with Crippen molar-refractivity contribution in [1.82, 2.24) is 10.3 Å². The van der Waals surface area contributed by atoms with Crippen LogP contribution < -0.4 is 10.1 Å². The second-order valence-electron chi connectivity index (χ2n) is 2.81. The smallest absolute Gasteiger partial charge is 0.144 e. The molecule has 1 heterocycles. The fraction of sp³-hybridized carbons (Fsp3) is 0.444. The molecule has 0 spiro atoms. The molecule has 0 radical (unpaired) electrons. The van der Waals surface area contributed by atoms with Crippen LogP contribution in [-0.4, -0.2) is 30.8 Å². The number of nitrogens with zero attached hydrogens (tertiary/aromatic N) is 1. The van der Waals surface area contributed by atoms with Gasteiger partial charge in [-0.25, -0.2) is 0 Å². The van der Waals surface area contributed by atoms with Gasteiger partial charge in [-0.2, -0.15) is 0 Å². The molecule has 0 amide bonds. The van der Waals surface area contributed by atoms with Gasteiger partial charge in [0, 0.05) is 18.8 Å². The van der Waals surface area contributed by atoms with E-state index in [2.05, 4.69) is 10.3 Å². The third-order valence-corrected chi connectivity index (χ3v) is 1.99. The number of ether oxygens (including phenoxy) is 1. The Balaban J connectivity index is 2.95. The highest BCUT2D eigenvalue weighted by Crippen LogP contribution is 2.25. The van der Waals surface area contributed by atoms with E-state index in [1.807, 2.05) is 0 Å². The van der Waals surface area contributed by atoms with Crippen LogP contribution in [0.3, 0.4) is 0 Å². The Hall–Kier alpha value is -0.840. The molecule has 0 aliphatic rings. The Morgan fingerprint density at radius 2 is 2.43 bits per heavy atom. The van der Waals surface area contributed by atoms with Gasteiger partial charge in [-0.15, -0.1) is 0 Å². The number of aliphatic hydroxyl groups excluding tert-OH is 1. The fourth-order valence-corrected chi connectivity index (χ4v) is 1.28. The molecule has 78 valence electrons. The van der Waals surface area contributed by atoms with Gasteiger partial charge in [0.25, 0.3) is 0 Å². The highest BCUT2D eigenvalue weighted by atomic mass is 35.5. The van der Waals surface area contributed by atoms with Gasteiger partial charge in [0.1, 0.15) is 17.5 Å². The van der Waals surface area contributed by atoms with Crippen LogP contribution in [0.2, 0.25) is 5.02 Å². The number of hydrogen-bond acceptors (Lipinski definition) is 4. The van der Waals surface area contributed by atoms with Crippen molar-refractivity contribution >= 4 is 11.6 Å². The van der Waals surface area contributed by atoms with E-state index in [0.717, 1.165) is 0 Å². The molecule has 1 aromatic heterocycles. The van der Waals surface area contributed by atoms with E-state index >= 15 is 0 Å². The molecule has 1 unspecified atom stereocenters. The second-order valence-corrected chi connectivity index (χ2v) is 3.25. The van der Waals surface area contributed by atoms with Crippen molar-refractivity contribution < 1.29 is 9.84 Å². The van der Waals surface area contributed by atoms with Crippen LogP contribution in [0.1, 0.15) is 11.8 Å². The summed E-state index contributed by atoms with van der Waals surface area (Å²) in [5.41, 5.74) is 0.492. The van der Waals surface area contributed by atoms with Gasteiger partial charge in [-0.05, 0) is 7.05 Å². The number of halogens is 1. The molecule has 1 aromatic rings. The first-order chi connectivity index (χ1) is 6.69. The van der Waals surface area contributed by atoms with Crippen molar-refractivity contribution in [3.05, 3.63) is 23.0 Å². The van der Waals surface area contributed by atoms with Crippen LogP contribution in [0.25, 0.3) is 0 Å². The summed E-state index contributed by atoms with van der Waals surface area (Å²) < 4.78 is 5.06. The number of nitrogens with one attached hydrogen (secondary N) is 1. The molecular formula is C9H13ClN2O2. The van der Waals surface area contributed by atoms with Crippen molar-refractivity contribution in [1.29, 1.82) is 0 Å². The van der Waals surface area contributed by atoms with Crippen molar-refractivity contribution in [2.45, 2.75) is 6.10 Å². The van der Waals surface area contributed by atoms with Crippen LogP contribution in [0, 0.1) is 0 Å². The normalized spacial score (nSPS) is 12.6. The van der Waals surface area contributed by atoms with E-state index in [1.54, 1.807) is 13.1 Å². The summed E-state index contributed by atoms with van der Waals surface area (Å²) in [6, 6.07) is 1.63. The van der Waals surface area contributed by atoms with Crippen molar-refractivity contribution in [2.24, 2.45) is 0 Å². The Kier molecular flexibility index (Phi) is 4.13. The summed E-state index contributed by atoms with van der Waals surface area (Å²) in [7, 11) is 3.27. The number of aromatic nitrogens is 1. The minimum atomic E-state index is -0.688. The van der Waals surface area contributed by atoms with Crippen LogP contribution in [0.5, 0.6) is 5.75 Å². The average Bonchev–Trinajstić information content (AvgIpc) is 2.17. The lowest BCUT2D eigenvalue weighted by Gasteiger charge is -2.13. The molecule has 4 nitrogen and oxygen atoms in total. The molecule has 0 saturated carbocycles. The van der Waals surface area contributed by atoms with E-state index in [0.29, 0.717) is 23.0 Å². The maximum absolute atomic E-state index is 9.68. The maximum Gasteiger partial charge on any atom is 0.144 e. The topological polar surface area (TPSA) is 54.4 Å². The number of pyridine rings is 1. The molecule has 0 aliphatic heterocycles. The predicted molar refractivity (Wildman–Crippen MR) is 54.7 cm³/mol. The van der Waals surface area contributed by atoms with E-state index in [1.165, 1.54) is 13.3 Å². The van der Waals surface area contributed by atoms with Gasteiger partial charge in [0.15, 0.2) is 0 Å². The largest absolute Gasteiger partial charge is 0.495 e. The van der Waals surface area contributed by atoms with Crippen molar-refractivity contribution in [2.75, 3.05) is 20.7 Å². The van der Waals surface area contributed by atoms with Gasteiger partial charge in [0.05, 0.1) is 12.1 Å². The number of rotatable bonds is 4. The predicted octanol–water partition coefficient (Wildman–Crippen LogP) is 0.996. The standard InChI is InChI=1S/C9H13ClN2O2/c1-11-5-7(13)9-8(14-2)3-6(10)4-12-9/h3-4,7,11,13H,5H2,1-2H3. The molecule has 5 heteroatoms. The second kappa shape index (κ2) is 5.14. The van der Waals surface area contributed by atoms with Gasteiger partial charge in [-0.3, -0.25) is 4.98 Å². The minimum Gasteiger partial charge on any atom is -0.495 e. The zero-order valence-corrected chi connectivity index (χ0v) is 8.88. The van der Waals surface area contributed by atoms with Gasteiger partial charge in [-0.1, -0.05) is 11.6 Å². The van der Waals surface area contributed by atoms with E-state index < -0.39 is 6.10 Å². The third kappa shape index (κ3) is 2.57. The molecule has 1 atom stereocenters. The fourth-order valence-electron chi connectivity index (χ4n) is 1.14. The monoisotopic (exact) mass is 216 g/mol. The van der Waals surface area contributed by atoms with Crippen LogP contribution in [0.15, 0.2) is 12.3 Å². The molecule has 0 aliphatic carbocycles. The minimum absolute atomic E-state index is 0.422. The molecule has 1 rings (SSSR count). The quantitative estimate of drug-likeness (QED) is 0.789. The third-order valence-electron chi connectivity index (χ3n) is 1.78. The summed E-state index contributed by atoms with van der Waals surface area (Å²) in [4.78, 5) is 4.02. The first-order valence-electron chi connectivity index (χ1n) is 4.21. The summed E-state index contributed by atoms with van der Waals surface area (Å²) >= 11 is 5.74. The van der Waals surface area contributed by atoms with E-state index in [-0.39, 0.29) is 0 Å². The molecule has 0 saturated heterocycles. The van der Waals surface area contributed by atoms with Gasteiger partial charge < -0.3 is 15.2 Å². The van der Waals surface area contributed by atoms with Gasteiger partial charge in [0.2, 0.25) is 0 Å². The first-order valence-corrected chi connectivity index (χ1v) is 4.59. The lowest BCUT2D eigenvalue weighted by molar-refractivity contribution is 0.168. The Bertz CT molecular complexity index is 307. The SMILES string of the molecule is CNCC(O)c1ncc(Cl)cc1OC. The Morgan fingerprint density at radius 3 is 3.00 bits per heavy atom. The zero-order valence-electron chi connectivity index (χ0n) is 8.12. The molecule has 0 aromatic carbocycles. The zero-order chi connectivity index (χ0) is 10.6. The molecule has 0 bridgehead atoms. The molecule has 14 heavy (non-hydrogen) atoms. The number of hydrogen-bond donors (Lipinski definition) is 2. The Morgan fingerprint density at radius 1 is 1.71 bits per heavy atom. The van der Waals surface area contributed by atoms with Crippen molar-refractivity contribution in [3.8, 4) is 5.75 Å². The maximum atomic E-state index is 9.68. The van der Waals surface area contributed by atoms with Crippen molar-refractivity contribution in [3.63, 3.8) is 0 Å². The van der Waals surface area contributed by atoms with E-state index in [4.69, 9.17) is 16.3 Å². The first kappa shape index (κ1) is 11.2. The van der Waals surface area contributed by atoms with Crippen LogP contribution in [-0.2, 0) is 0 Å². The lowest BCUT2D eigenvalue weighted by atomic mass is 10.2. The summed E-state index contributed by atoms with van der Waals surface area (Å²) in [6.07, 6.45) is 0.797. The van der Waals surface area contributed by atoms with Crippen LogP contribution in [0.4, 0.5) is 0 Å². The van der Waals surface area contributed by atoms with Crippen LogP contribution >= 0.6 is 11.6 Å². The average molecular weight is 217 g/mol. The summed E-state index contributed by atoms with van der Waals surface area (Å²) in [5, 5.41) is 13.0. The highest BCUT2D eigenvalue weighted by Gasteiger charge is 2.14. The number of methoxy groups -OCH3 is 1. The molecular weight excluding hydrogens is 204 g/mol. The molecule has 2 N–H and O–H groups in total. The van der Waals surface area contributed by atoms with E-state index in [9.17, 15) is 5.11 Å².